The average Bonchev–Trinajstić information content (AvgIpc) is 2.76. The van der Waals surface area contributed by atoms with Crippen molar-refractivity contribution in [3.8, 4) is 0 Å². The SMILES string of the molecule is CC(C)CC(NC(=O)C(CS)NC(=O)C(N)Cc1ccccc1)C(=O)NC(CC(N)=O)C(=O)O. The van der Waals surface area contributed by atoms with Gasteiger partial charge in [-0.1, -0.05) is 44.2 Å². The number of carboxylic acid groups (broad SMARTS) is 1. The van der Waals surface area contributed by atoms with E-state index in [-0.39, 0.29) is 24.5 Å². The van der Waals surface area contributed by atoms with E-state index in [0.29, 0.717) is 0 Å². The number of thiol groups is 1. The van der Waals surface area contributed by atoms with Crippen molar-refractivity contribution < 1.29 is 29.1 Å². The fourth-order valence-corrected chi connectivity index (χ4v) is 3.34. The molecule has 1 rings (SSSR count). The highest BCUT2D eigenvalue weighted by atomic mass is 32.1. The molecule has 12 heteroatoms. The summed E-state index contributed by atoms with van der Waals surface area (Å²) in [5.74, 6) is -4.48. The van der Waals surface area contributed by atoms with Crippen LogP contribution in [-0.4, -0.2) is 64.6 Å². The first kappa shape index (κ1) is 28.9. The number of rotatable bonds is 14. The Balaban J connectivity index is 2.84. The van der Waals surface area contributed by atoms with Crippen LogP contribution in [0.25, 0.3) is 0 Å². The lowest BCUT2D eigenvalue weighted by Crippen LogP contribution is -2.58. The van der Waals surface area contributed by atoms with Gasteiger partial charge >= 0.3 is 5.97 Å². The van der Waals surface area contributed by atoms with Crippen molar-refractivity contribution in [1.82, 2.24) is 16.0 Å². The summed E-state index contributed by atoms with van der Waals surface area (Å²) < 4.78 is 0. The summed E-state index contributed by atoms with van der Waals surface area (Å²) in [4.78, 5) is 60.4. The molecule has 4 unspecified atom stereocenters. The zero-order valence-electron chi connectivity index (χ0n) is 19.2. The Morgan fingerprint density at radius 1 is 0.912 bits per heavy atom. The van der Waals surface area contributed by atoms with E-state index < -0.39 is 60.2 Å². The van der Waals surface area contributed by atoms with Crippen LogP contribution in [0.2, 0.25) is 0 Å². The second kappa shape index (κ2) is 14.2. The van der Waals surface area contributed by atoms with Crippen LogP contribution >= 0.6 is 12.6 Å². The average molecular weight is 496 g/mol. The van der Waals surface area contributed by atoms with Crippen molar-refractivity contribution in [3.63, 3.8) is 0 Å². The van der Waals surface area contributed by atoms with Gasteiger partial charge < -0.3 is 32.5 Å². The molecule has 8 N–H and O–H groups in total. The van der Waals surface area contributed by atoms with Crippen LogP contribution in [0.1, 0.15) is 32.3 Å². The largest absolute Gasteiger partial charge is 0.480 e. The first-order chi connectivity index (χ1) is 15.9. The Hall–Kier alpha value is -3.12. The van der Waals surface area contributed by atoms with Gasteiger partial charge in [0.1, 0.15) is 18.1 Å². The maximum atomic E-state index is 12.8. The van der Waals surface area contributed by atoms with Gasteiger partial charge in [-0.15, -0.1) is 0 Å². The van der Waals surface area contributed by atoms with Gasteiger partial charge in [-0.25, -0.2) is 4.79 Å². The van der Waals surface area contributed by atoms with Gasteiger partial charge in [-0.2, -0.15) is 12.6 Å². The zero-order chi connectivity index (χ0) is 25.8. The summed E-state index contributed by atoms with van der Waals surface area (Å²) in [6, 6.07) is 4.50. The molecule has 0 aromatic heterocycles. The number of hydrogen-bond donors (Lipinski definition) is 7. The number of carbonyl (C=O) groups excluding carboxylic acids is 4. The van der Waals surface area contributed by atoms with Crippen molar-refractivity contribution in [2.24, 2.45) is 17.4 Å². The Morgan fingerprint density at radius 2 is 1.44 bits per heavy atom. The summed E-state index contributed by atoms with van der Waals surface area (Å²) >= 11 is 4.12. The van der Waals surface area contributed by atoms with Gasteiger partial charge in [-0.3, -0.25) is 19.2 Å². The van der Waals surface area contributed by atoms with E-state index in [1.54, 1.807) is 0 Å². The van der Waals surface area contributed by atoms with E-state index in [9.17, 15) is 29.1 Å². The minimum absolute atomic E-state index is 0.0428. The molecule has 1 aromatic carbocycles. The summed E-state index contributed by atoms with van der Waals surface area (Å²) in [6.45, 7) is 3.62. The molecule has 0 saturated heterocycles. The van der Waals surface area contributed by atoms with Gasteiger partial charge in [0.05, 0.1) is 12.5 Å². The van der Waals surface area contributed by atoms with E-state index in [2.05, 4.69) is 28.6 Å². The predicted octanol–water partition coefficient (Wildman–Crippen LogP) is -1.05. The zero-order valence-corrected chi connectivity index (χ0v) is 20.1. The quantitative estimate of drug-likeness (QED) is 0.160. The molecule has 0 spiro atoms. The van der Waals surface area contributed by atoms with Gasteiger partial charge in [-0.05, 0) is 24.3 Å². The number of nitrogens with one attached hydrogen (secondary N) is 3. The second-order valence-electron chi connectivity index (χ2n) is 8.30. The minimum atomic E-state index is -1.53. The maximum absolute atomic E-state index is 12.8. The predicted molar refractivity (Wildman–Crippen MR) is 129 cm³/mol. The highest BCUT2D eigenvalue weighted by Gasteiger charge is 2.30. The number of carbonyl (C=O) groups is 5. The molecule has 0 aliphatic heterocycles. The standard InChI is InChI=1S/C22H33N5O6S/c1-12(2)8-15(20(30)26-16(22(32)33)10-18(24)28)25-21(31)17(11-34)27-19(29)14(23)9-13-6-4-3-5-7-13/h3-7,12,14-17,34H,8-11,23H2,1-2H3,(H2,24,28)(H,25,31)(H,26,30)(H,27,29)(H,32,33). The van der Waals surface area contributed by atoms with Crippen molar-refractivity contribution >= 4 is 42.2 Å². The number of amides is 4. The number of nitrogens with two attached hydrogens (primary N) is 2. The molecule has 0 bridgehead atoms. The first-order valence-corrected chi connectivity index (χ1v) is 11.4. The molecule has 4 atom stereocenters. The molecule has 0 fully saturated rings. The van der Waals surface area contributed by atoms with Crippen molar-refractivity contribution in [1.29, 1.82) is 0 Å². The highest BCUT2D eigenvalue weighted by molar-refractivity contribution is 7.80. The number of hydrogen-bond acceptors (Lipinski definition) is 7. The fourth-order valence-electron chi connectivity index (χ4n) is 3.08. The first-order valence-electron chi connectivity index (χ1n) is 10.8. The third kappa shape index (κ3) is 10.2. The highest BCUT2D eigenvalue weighted by Crippen LogP contribution is 2.08. The molecule has 0 heterocycles. The van der Waals surface area contributed by atoms with Gasteiger partial charge in [0.2, 0.25) is 23.6 Å². The molecule has 11 nitrogen and oxygen atoms in total. The van der Waals surface area contributed by atoms with E-state index in [4.69, 9.17) is 11.5 Å². The minimum Gasteiger partial charge on any atom is -0.480 e. The Kier molecular flexibility index (Phi) is 12.1. The van der Waals surface area contributed by atoms with Crippen molar-refractivity contribution in [2.45, 2.75) is 57.3 Å². The summed E-state index contributed by atoms with van der Waals surface area (Å²) in [5, 5.41) is 16.5. The van der Waals surface area contributed by atoms with E-state index in [1.165, 1.54) is 0 Å². The van der Waals surface area contributed by atoms with Crippen LogP contribution in [0, 0.1) is 5.92 Å². The Morgan fingerprint density at radius 3 is 1.94 bits per heavy atom. The molecule has 188 valence electrons. The molecule has 0 radical (unpaired) electrons. The normalized spacial score (nSPS) is 14.4. The molecule has 4 amide bonds. The number of carboxylic acids is 1. The summed E-state index contributed by atoms with van der Waals surface area (Å²) in [5.41, 5.74) is 11.9. The van der Waals surface area contributed by atoms with Crippen LogP contribution in [-0.2, 0) is 30.4 Å². The van der Waals surface area contributed by atoms with Crippen LogP contribution in [0.15, 0.2) is 30.3 Å². The number of aliphatic carboxylic acids is 1. The molecular weight excluding hydrogens is 462 g/mol. The lowest BCUT2D eigenvalue weighted by Gasteiger charge is -2.25. The van der Waals surface area contributed by atoms with E-state index in [1.807, 2.05) is 44.2 Å². The van der Waals surface area contributed by atoms with Crippen molar-refractivity contribution in [2.75, 3.05) is 5.75 Å². The maximum Gasteiger partial charge on any atom is 0.326 e. The molecule has 0 aliphatic carbocycles. The second-order valence-corrected chi connectivity index (χ2v) is 8.67. The van der Waals surface area contributed by atoms with E-state index >= 15 is 0 Å². The van der Waals surface area contributed by atoms with Gasteiger partial charge in [0.15, 0.2) is 0 Å². The molecule has 34 heavy (non-hydrogen) atoms. The molecular formula is C22H33N5O6S. The van der Waals surface area contributed by atoms with Crippen LogP contribution in [0.3, 0.4) is 0 Å². The lowest BCUT2D eigenvalue weighted by molar-refractivity contribution is -0.143. The fraction of sp³-hybridized carbons (Fsp3) is 0.500. The molecule has 1 aromatic rings. The van der Waals surface area contributed by atoms with Gasteiger partial charge in [0, 0.05) is 5.75 Å². The number of benzene rings is 1. The smallest absolute Gasteiger partial charge is 0.326 e. The summed E-state index contributed by atoms with van der Waals surface area (Å²) in [7, 11) is 0. The summed E-state index contributed by atoms with van der Waals surface area (Å²) in [6.07, 6.45) is -0.151. The lowest BCUT2D eigenvalue weighted by atomic mass is 10.0. The Bertz CT molecular complexity index is 867. The Labute approximate surface area is 203 Å². The third-order valence-electron chi connectivity index (χ3n) is 4.81. The van der Waals surface area contributed by atoms with Crippen LogP contribution in [0.5, 0.6) is 0 Å². The monoisotopic (exact) mass is 495 g/mol. The topological polar surface area (TPSA) is 194 Å². The van der Waals surface area contributed by atoms with E-state index in [0.717, 1.165) is 5.56 Å². The van der Waals surface area contributed by atoms with Crippen molar-refractivity contribution in [3.05, 3.63) is 35.9 Å². The number of primary amides is 1. The molecule has 0 saturated carbocycles. The molecule has 0 aliphatic rings. The van der Waals surface area contributed by atoms with Crippen LogP contribution in [0.4, 0.5) is 0 Å². The van der Waals surface area contributed by atoms with Gasteiger partial charge in [0.25, 0.3) is 0 Å². The van der Waals surface area contributed by atoms with Crippen LogP contribution < -0.4 is 27.4 Å². The third-order valence-corrected chi connectivity index (χ3v) is 5.18.